The summed E-state index contributed by atoms with van der Waals surface area (Å²) >= 11 is 0. The van der Waals surface area contributed by atoms with Crippen LogP contribution in [0.5, 0.6) is 0 Å². The highest BCUT2D eigenvalue weighted by Gasteiger charge is 2.39. The highest BCUT2D eigenvalue weighted by molar-refractivity contribution is 4.93. The maximum Gasteiger partial charge on any atom is 0.0697 e. The topological polar surface area (TPSA) is 38.5 Å². The molecule has 1 aliphatic carbocycles. The van der Waals surface area contributed by atoms with E-state index in [0.29, 0.717) is 6.04 Å². The van der Waals surface area contributed by atoms with Crippen LogP contribution in [-0.2, 0) is 4.74 Å². The standard InChI is InChI=1S/C16H32N2O/c1-2-3-11-18(12-10-17)15-7-13-19-16(14-15)8-5-4-6-9-16/h15H,2-14,17H2,1H3. The number of hydrogen-bond acceptors (Lipinski definition) is 3. The van der Waals surface area contributed by atoms with E-state index in [0.717, 1.165) is 19.7 Å². The molecular formula is C16H32N2O. The Morgan fingerprint density at radius 2 is 2.00 bits per heavy atom. The zero-order chi connectivity index (χ0) is 13.6. The molecular weight excluding hydrogens is 236 g/mol. The molecule has 112 valence electrons. The van der Waals surface area contributed by atoms with Crippen LogP contribution >= 0.6 is 0 Å². The first-order valence-corrected chi connectivity index (χ1v) is 8.38. The molecule has 1 heterocycles. The molecule has 2 rings (SSSR count). The molecule has 1 saturated heterocycles. The molecule has 2 aliphatic rings. The van der Waals surface area contributed by atoms with Crippen molar-refractivity contribution in [2.24, 2.45) is 5.73 Å². The summed E-state index contributed by atoms with van der Waals surface area (Å²) in [7, 11) is 0. The molecule has 19 heavy (non-hydrogen) atoms. The lowest BCUT2D eigenvalue weighted by Gasteiger charge is -2.46. The Kier molecular flexibility index (Phi) is 6.11. The molecule has 0 bridgehead atoms. The summed E-state index contributed by atoms with van der Waals surface area (Å²) in [5.74, 6) is 0. The van der Waals surface area contributed by atoms with E-state index in [-0.39, 0.29) is 5.60 Å². The van der Waals surface area contributed by atoms with Crippen LogP contribution in [0.15, 0.2) is 0 Å². The van der Waals surface area contributed by atoms with Gasteiger partial charge in [0, 0.05) is 25.7 Å². The predicted octanol–water partition coefficient (Wildman–Crippen LogP) is 2.93. The van der Waals surface area contributed by atoms with Gasteiger partial charge in [-0.05, 0) is 38.6 Å². The lowest BCUT2D eigenvalue weighted by molar-refractivity contribution is -0.124. The van der Waals surface area contributed by atoms with Gasteiger partial charge in [0.1, 0.15) is 0 Å². The highest BCUT2D eigenvalue weighted by Crippen LogP contribution is 2.39. The van der Waals surface area contributed by atoms with Gasteiger partial charge < -0.3 is 10.5 Å². The molecule has 1 unspecified atom stereocenters. The number of rotatable bonds is 6. The summed E-state index contributed by atoms with van der Waals surface area (Å²) in [6.45, 7) is 6.29. The second kappa shape index (κ2) is 7.61. The van der Waals surface area contributed by atoms with Crippen molar-refractivity contribution in [3.63, 3.8) is 0 Å². The molecule has 1 saturated carbocycles. The zero-order valence-corrected chi connectivity index (χ0v) is 12.7. The van der Waals surface area contributed by atoms with Crippen molar-refractivity contribution >= 4 is 0 Å². The third-order valence-electron chi connectivity index (χ3n) is 4.96. The Balaban J connectivity index is 1.93. The molecule has 1 atom stereocenters. The molecule has 3 nitrogen and oxygen atoms in total. The van der Waals surface area contributed by atoms with Gasteiger partial charge in [-0.25, -0.2) is 0 Å². The maximum atomic E-state index is 6.21. The number of ether oxygens (including phenoxy) is 1. The lowest BCUT2D eigenvalue weighted by Crippen LogP contribution is -2.50. The van der Waals surface area contributed by atoms with E-state index in [1.807, 2.05) is 0 Å². The van der Waals surface area contributed by atoms with Gasteiger partial charge in [0.05, 0.1) is 5.60 Å². The van der Waals surface area contributed by atoms with Gasteiger partial charge >= 0.3 is 0 Å². The Morgan fingerprint density at radius 1 is 1.21 bits per heavy atom. The van der Waals surface area contributed by atoms with E-state index in [1.165, 1.54) is 64.3 Å². The van der Waals surface area contributed by atoms with Crippen LogP contribution in [0.25, 0.3) is 0 Å². The second-order valence-corrected chi connectivity index (χ2v) is 6.42. The monoisotopic (exact) mass is 268 g/mol. The van der Waals surface area contributed by atoms with Gasteiger partial charge in [0.15, 0.2) is 0 Å². The normalized spacial score (nSPS) is 27.0. The summed E-state index contributed by atoms with van der Waals surface area (Å²) in [4.78, 5) is 2.64. The number of nitrogens with zero attached hydrogens (tertiary/aromatic N) is 1. The first-order chi connectivity index (χ1) is 9.29. The molecule has 0 aromatic heterocycles. The minimum atomic E-state index is 0.222. The lowest BCUT2D eigenvalue weighted by atomic mass is 9.78. The van der Waals surface area contributed by atoms with Gasteiger partial charge in [0.25, 0.3) is 0 Å². The molecule has 3 heteroatoms. The fourth-order valence-electron chi connectivity index (χ4n) is 3.86. The van der Waals surface area contributed by atoms with E-state index in [9.17, 15) is 0 Å². The zero-order valence-electron chi connectivity index (χ0n) is 12.7. The van der Waals surface area contributed by atoms with E-state index in [4.69, 9.17) is 10.5 Å². The number of unbranched alkanes of at least 4 members (excludes halogenated alkanes) is 1. The summed E-state index contributed by atoms with van der Waals surface area (Å²) in [6, 6.07) is 0.710. The van der Waals surface area contributed by atoms with Crippen LogP contribution in [0, 0.1) is 0 Å². The Bertz CT molecular complexity index is 246. The van der Waals surface area contributed by atoms with Crippen molar-refractivity contribution in [2.75, 3.05) is 26.2 Å². The molecule has 0 aromatic carbocycles. The van der Waals surface area contributed by atoms with Crippen LogP contribution in [-0.4, -0.2) is 42.8 Å². The van der Waals surface area contributed by atoms with E-state index >= 15 is 0 Å². The smallest absolute Gasteiger partial charge is 0.0697 e. The van der Waals surface area contributed by atoms with Gasteiger partial charge in [-0.3, -0.25) is 4.90 Å². The molecule has 1 spiro atoms. The summed E-state index contributed by atoms with van der Waals surface area (Å²) in [6.07, 6.45) is 11.7. The van der Waals surface area contributed by atoms with E-state index < -0.39 is 0 Å². The summed E-state index contributed by atoms with van der Waals surface area (Å²) in [5, 5.41) is 0. The van der Waals surface area contributed by atoms with Crippen molar-refractivity contribution in [2.45, 2.75) is 76.4 Å². The van der Waals surface area contributed by atoms with Crippen LogP contribution in [0.4, 0.5) is 0 Å². The maximum absolute atomic E-state index is 6.21. The van der Waals surface area contributed by atoms with Crippen LogP contribution in [0.2, 0.25) is 0 Å². The molecule has 0 amide bonds. The second-order valence-electron chi connectivity index (χ2n) is 6.42. The van der Waals surface area contributed by atoms with Gasteiger partial charge in [-0.1, -0.05) is 32.6 Å². The van der Waals surface area contributed by atoms with Gasteiger partial charge in [0.2, 0.25) is 0 Å². The summed E-state index contributed by atoms with van der Waals surface area (Å²) < 4.78 is 6.21. The van der Waals surface area contributed by atoms with Crippen molar-refractivity contribution in [3.05, 3.63) is 0 Å². The van der Waals surface area contributed by atoms with Crippen molar-refractivity contribution < 1.29 is 4.74 Å². The fraction of sp³-hybridized carbons (Fsp3) is 1.00. The molecule has 2 N–H and O–H groups in total. The first kappa shape index (κ1) is 15.3. The third kappa shape index (κ3) is 4.17. The molecule has 1 aliphatic heterocycles. The SMILES string of the molecule is CCCCN(CCN)C1CCOC2(CCCCC2)C1. The Morgan fingerprint density at radius 3 is 2.68 bits per heavy atom. The first-order valence-electron chi connectivity index (χ1n) is 8.38. The molecule has 0 aromatic rings. The minimum absolute atomic E-state index is 0.222. The fourth-order valence-corrected chi connectivity index (χ4v) is 3.86. The number of nitrogens with two attached hydrogens (primary N) is 1. The quantitative estimate of drug-likeness (QED) is 0.805. The predicted molar refractivity (Wildman–Crippen MR) is 80.3 cm³/mol. The highest BCUT2D eigenvalue weighted by atomic mass is 16.5. The average Bonchev–Trinajstić information content (AvgIpc) is 2.44. The summed E-state index contributed by atoms with van der Waals surface area (Å²) in [5.41, 5.74) is 6.03. The Labute approximate surface area is 118 Å². The van der Waals surface area contributed by atoms with Crippen LogP contribution < -0.4 is 5.73 Å². The molecule has 0 radical (unpaired) electrons. The van der Waals surface area contributed by atoms with Crippen molar-refractivity contribution in [1.29, 1.82) is 0 Å². The van der Waals surface area contributed by atoms with Gasteiger partial charge in [-0.15, -0.1) is 0 Å². The Hall–Kier alpha value is -0.120. The van der Waals surface area contributed by atoms with Crippen LogP contribution in [0.3, 0.4) is 0 Å². The minimum Gasteiger partial charge on any atom is -0.375 e. The average molecular weight is 268 g/mol. The van der Waals surface area contributed by atoms with Gasteiger partial charge in [-0.2, -0.15) is 0 Å². The van der Waals surface area contributed by atoms with Crippen LogP contribution in [0.1, 0.15) is 64.7 Å². The third-order valence-corrected chi connectivity index (χ3v) is 4.96. The molecule has 2 fully saturated rings. The van der Waals surface area contributed by atoms with Crippen molar-refractivity contribution in [3.8, 4) is 0 Å². The van der Waals surface area contributed by atoms with E-state index in [2.05, 4.69) is 11.8 Å². The van der Waals surface area contributed by atoms with E-state index in [1.54, 1.807) is 0 Å². The number of hydrogen-bond donors (Lipinski definition) is 1. The largest absolute Gasteiger partial charge is 0.375 e. The van der Waals surface area contributed by atoms with Crippen molar-refractivity contribution in [1.82, 2.24) is 4.90 Å².